The number of ether oxygens (including phenoxy) is 1. The molecule has 0 amide bonds. The molecule has 1 aromatic heterocycles. The Morgan fingerprint density at radius 2 is 1.89 bits per heavy atom. The monoisotopic (exact) mass is 282 g/mol. The largest absolute Gasteiger partial charge is 0.475 e. The van der Waals surface area contributed by atoms with Crippen molar-refractivity contribution in [1.82, 2.24) is 14.9 Å². The lowest BCUT2D eigenvalue weighted by atomic mass is 10.2. The Bertz CT molecular complexity index is 398. The molecule has 0 aliphatic carbocycles. The summed E-state index contributed by atoms with van der Waals surface area (Å²) < 4.78 is 5.57. The molecule has 0 saturated carbocycles. The second-order valence-electron chi connectivity index (χ2n) is 4.88. The topological polar surface area (TPSA) is 64.3 Å². The van der Waals surface area contributed by atoms with Crippen LogP contribution in [0.15, 0.2) is 12.4 Å². The molecule has 0 aliphatic heterocycles. The van der Waals surface area contributed by atoms with Crippen LogP contribution in [0, 0.1) is 0 Å². The third kappa shape index (κ3) is 5.08. The number of nitrogens with zero attached hydrogens (tertiary/aromatic N) is 3. The number of thiocarbonyl (C=S) groups is 1. The minimum absolute atomic E-state index is 0.241. The van der Waals surface area contributed by atoms with Crippen molar-refractivity contribution in [3.8, 4) is 5.88 Å². The first-order chi connectivity index (χ1) is 8.91. The minimum atomic E-state index is 0.241. The highest BCUT2D eigenvalue weighted by molar-refractivity contribution is 7.80. The molecule has 1 aromatic rings. The average Bonchev–Trinajstić information content (AvgIpc) is 2.34. The maximum absolute atomic E-state index is 5.57. The first kappa shape index (κ1) is 15.8. The molecule has 1 heterocycles. The van der Waals surface area contributed by atoms with E-state index < -0.39 is 0 Å². The molecule has 0 saturated heterocycles. The Kier molecular flexibility index (Phi) is 6.11. The van der Waals surface area contributed by atoms with Gasteiger partial charge in [0.2, 0.25) is 5.88 Å². The maximum Gasteiger partial charge on any atom is 0.232 e. The molecule has 0 aromatic carbocycles. The van der Waals surface area contributed by atoms with Crippen LogP contribution in [-0.4, -0.2) is 45.1 Å². The maximum atomic E-state index is 5.57. The summed E-state index contributed by atoms with van der Waals surface area (Å²) in [6.07, 6.45) is 3.07. The Morgan fingerprint density at radius 3 is 2.32 bits per heavy atom. The molecular formula is C13H22N4OS. The zero-order valence-electron chi connectivity index (χ0n) is 12.0. The van der Waals surface area contributed by atoms with Crippen molar-refractivity contribution in [3.63, 3.8) is 0 Å². The van der Waals surface area contributed by atoms with Crippen molar-refractivity contribution < 1.29 is 4.74 Å². The summed E-state index contributed by atoms with van der Waals surface area (Å²) in [6, 6.07) is 0.985. The third-order valence-electron chi connectivity index (χ3n) is 2.81. The predicted octanol–water partition coefficient (Wildman–Crippen LogP) is 1.61. The summed E-state index contributed by atoms with van der Waals surface area (Å²) in [5.41, 5.74) is 5.96. The van der Waals surface area contributed by atoms with Gasteiger partial charge in [0.1, 0.15) is 17.3 Å². The van der Waals surface area contributed by atoms with Crippen LogP contribution in [-0.2, 0) is 0 Å². The lowest BCUT2D eigenvalue weighted by Gasteiger charge is -2.30. The Labute approximate surface area is 120 Å². The molecule has 1 rings (SSSR count). The summed E-state index contributed by atoms with van der Waals surface area (Å²) in [7, 11) is 0. The van der Waals surface area contributed by atoms with Gasteiger partial charge >= 0.3 is 0 Å². The second-order valence-corrected chi connectivity index (χ2v) is 5.32. The zero-order valence-corrected chi connectivity index (χ0v) is 12.8. The minimum Gasteiger partial charge on any atom is -0.475 e. The third-order valence-corrected chi connectivity index (χ3v) is 3.02. The van der Waals surface area contributed by atoms with Gasteiger partial charge in [0.15, 0.2) is 0 Å². The fourth-order valence-electron chi connectivity index (χ4n) is 1.89. The van der Waals surface area contributed by atoms with Crippen molar-refractivity contribution in [2.45, 2.75) is 39.8 Å². The highest BCUT2D eigenvalue weighted by Crippen LogP contribution is 2.07. The standard InChI is InChI=1S/C13H22N4OS/c1-9(2)17(10(3)4)5-6-18-12-8-15-11(7-16-12)13(14)19/h7-10H,5-6H2,1-4H3,(H2,14,19). The van der Waals surface area contributed by atoms with Crippen LogP contribution in [0.4, 0.5) is 0 Å². The molecule has 5 nitrogen and oxygen atoms in total. The van der Waals surface area contributed by atoms with Crippen LogP contribution in [0.3, 0.4) is 0 Å². The smallest absolute Gasteiger partial charge is 0.232 e. The molecule has 0 unspecified atom stereocenters. The van der Waals surface area contributed by atoms with E-state index in [1.54, 1.807) is 6.20 Å². The number of rotatable bonds is 7. The van der Waals surface area contributed by atoms with Gasteiger partial charge in [-0.15, -0.1) is 0 Å². The van der Waals surface area contributed by atoms with E-state index in [0.29, 0.717) is 30.3 Å². The predicted molar refractivity (Wildman–Crippen MR) is 80.4 cm³/mol. The molecule has 2 N–H and O–H groups in total. The highest BCUT2D eigenvalue weighted by Gasteiger charge is 2.13. The fraction of sp³-hybridized carbons (Fsp3) is 0.615. The van der Waals surface area contributed by atoms with Crippen molar-refractivity contribution >= 4 is 17.2 Å². The number of nitrogens with two attached hydrogens (primary N) is 1. The first-order valence-electron chi connectivity index (χ1n) is 6.42. The molecule has 19 heavy (non-hydrogen) atoms. The van der Waals surface area contributed by atoms with Crippen LogP contribution < -0.4 is 10.5 Å². The summed E-state index contributed by atoms with van der Waals surface area (Å²) >= 11 is 4.81. The van der Waals surface area contributed by atoms with Gasteiger partial charge < -0.3 is 10.5 Å². The van der Waals surface area contributed by atoms with E-state index >= 15 is 0 Å². The Morgan fingerprint density at radius 1 is 1.26 bits per heavy atom. The van der Waals surface area contributed by atoms with Crippen LogP contribution in [0.25, 0.3) is 0 Å². The van der Waals surface area contributed by atoms with E-state index in [9.17, 15) is 0 Å². The SMILES string of the molecule is CC(C)N(CCOc1cnc(C(N)=S)cn1)C(C)C. The van der Waals surface area contributed by atoms with Crippen molar-refractivity contribution in [1.29, 1.82) is 0 Å². The van der Waals surface area contributed by atoms with Crippen LogP contribution in [0.2, 0.25) is 0 Å². The van der Waals surface area contributed by atoms with Gasteiger partial charge in [0.25, 0.3) is 0 Å². The van der Waals surface area contributed by atoms with Gasteiger partial charge in [-0.2, -0.15) is 0 Å². The number of hydrogen-bond donors (Lipinski definition) is 1. The zero-order chi connectivity index (χ0) is 14.4. The fourth-order valence-corrected chi connectivity index (χ4v) is 1.99. The molecule has 6 heteroatoms. The molecule has 106 valence electrons. The summed E-state index contributed by atoms with van der Waals surface area (Å²) in [6.45, 7) is 10.1. The van der Waals surface area contributed by atoms with E-state index in [0.717, 1.165) is 6.54 Å². The second kappa shape index (κ2) is 7.35. The lowest BCUT2D eigenvalue weighted by Crippen LogP contribution is -2.39. The summed E-state index contributed by atoms with van der Waals surface area (Å²) in [4.78, 5) is 10.8. The average molecular weight is 282 g/mol. The van der Waals surface area contributed by atoms with Gasteiger partial charge in [0.05, 0.1) is 12.4 Å². The van der Waals surface area contributed by atoms with Gasteiger partial charge in [-0.3, -0.25) is 4.90 Å². The lowest BCUT2D eigenvalue weighted by molar-refractivity contribution is 0.140. The molecular weight excluding hydrogens is 260 g/mol. The van der Waals surface area contributed by atoms with E-state index in [1.807, 2.05) is 0 Å². The van der Waals surface area contributed by atoms with Gasteiger partial charge in [-0.05, 0) is 27.7 Å². The highest BCUT2D eigenvalue weighted by atomic mass is 32.1. The Hall–Kier alpha value is -1.27. The van der Waals surface area contributed by atoms with E-state index in [4.69, 9.17) is 22.7 Å². The van der Waals surface area contributed by atoms with Gasteiger partial charge in [0, 0.05) is 18.6 Å². The molecule has 0 spiro atoms. The van der Waals surface area contributed by atoms with E-state index in [1.165, 1.54) is 6.20 Å². The summed E-state index contributed by atoms with van der Waals surface area (Å²) in [5.74, 6) is 0.493. The molecule has 0 fully saturated rings. The van der Waals surface area contributed by atoms with Gasteiger partial charge in [-0.25, -0.2) is 9.97 Å². The normalized spacial score (nSPS) is 11.3. The van der Waals surface area contributed by atoms with Crippen molar-refractivity contribution in [2.24, 2.45) is 5.73 Å². The van der Waals surface area contributed by atoms with E-state index in [2.05, 4.69) is 42.6 Å². The molecule has 0 aliphatic rings. The van der Waals surface area contributed by atoms with Crippen LogP contribution in [0.1, 0.15) is 33.4 Å². The molecule has 0 radical (unpaired) electrons. The van der Waals surface area contributed by atoms with Crippen LogP contribution >= 0.6 is 12.2 Å². The van der Waals surface area contributed by atoms with Crippen molar-refractivity contribution in [3.05, 3.63) is 18.1 Å². The van der Waals surface area contributed by atoms with Crippen molar-refractivity contribution in [2.75, 3.05) is 13.2 Å². The number of aromatic nitrogens is 2. The first-order valence-corrected chi connectivity index (χ1v) is 6.83. The van der Waals surface area contributed by atoms with Crippen LogP contribution in [0.5, 0.6) is 5.88 Å². The quantitative estimate of drug-likeness (QED) is 0.767. The molecule has 0 bridgehead atoms. The van der Waals surface area contributed by atoms with E-state index in [-0.39, 0.29) is 4.99 Å². The molecule has 0 atom stereocenters. The van der Waals surface area contributed by atoms with Gasteiger partial charge in [-0.1, -0.05) is 12.2 Å². The Balaban J connectivity index is 2.46. The number of hydrogen-bond acceptors (Lipinski definition) is 5. The summed E-state index contributed by atoms with van der Waals surface area (Å²) in [5, 5.41) is 0.